The maximum absolute atomic E-state index is 10.9. The molecule has 1 saturated carbocycles. The predicted molar refractivity (Wildman–Crippen MR) is 102 cm³/mol. The first-order valence-corrected chi connectivity index (χ1v) is 9.35. The molecular formula is C21H25N3O2. The number of hydrogen-bond donors (Lipinski definition) is 2. The van der Waals surface area contributed by atoms with Crippen LogP contribution in [0.15, 0.2) is 48.0 Å². The molecule has 136 valence electrons. The Labute approximate surface area is 153 Å². The summed E-state index contributed by atoms with van der Waals surface area (Å²) in [5.74, 6) is 0.255. The summed E-state index contributed by atoms with van der Waals surface area (Å²) in [7, 11) is 0. The van der Waals surface area contributed by atoms with Gasteiger partial charge in [0.15, 0.2) is 0 Å². The average molecular weight is 351 g/mol. The van der Waals surface area contributed by atoms with E-state index in [0.29, 0.717) is 6.42 Å². The largest absolute Gasteiger partial charge is 0.411 e. The van der Waals surface area contributed by atoms with Crippen LogP contribution in [0.4, 0.5) is 0 Å². The summed E-state index contributed by atoms with van der Waals surface area (Å²) in [4.78, 5) is 4.32. The summed E-state index contributed by atoms with van der Waals surface area (Å²) in [6, 6.07) is 10.5. The SMILES string of the molecule is CC1=C(c2ccccc2)C(CC(O)C2CCC(=NO)CC2)n2cncc21. The van der Waals surface area contributed by atoms with Crippen LogP contribution in [0.5, 0.6) is 0 Å². The van der Waals surface area contributed by atoms with Crippen LogP contribution in [-0.4, -0.2) is 31.7 Å². The zero-order valence-corrected chi connectivity index (χ0v) is 15.0. The molecular weight excluding hydrogens is 326 g/mol. The number of hydrogen-bond acceptors (Lipinski definition) is 4. The molecule has 2 atom stereocenters. The lowest BCUT2D eigenvalue weighted by molar-refractivity contribution is 0.0793. The number of fused-ring (bicyclic) bond motifs is 1. The first kappa shape index (κ1) is 17.0. The molecule has 2 unspecified atom stereocenters. The molecule has 0 saturated heterocycles. The molecule has 0 amide bonds. The van der Waals surface area contributed by atoms with Crippen LogP contribution in [0, 0.1) is 5.92 Å². The van der Waals surface area contributed by atoms with Gasteiger partial charge in [0.1, 0.15) is 0 Å². The van der Waals surface area contributed by atoms with Crippen LogP contribution in [-0.2, 0) is 0 Å². The monoisotopic (exact) mass is 351 g/mol. The van der Waals surface area contributed by atoms with Crippen molar-refractivity contribution in [3.63, 3.8) is 0 Å². The van der Waals surface area contributed by atoms with E-state index in [1.165, 1.54) is 16.7 Å². The van der Waals surface area contributed by atoms with Crippen molar-refractivity contribution in [2.75, 3.05) is 0 Å². The maximum Gasteiger partial charge on any atom is 0.0956 e. The molecule has 26 heavy (non-hydrogen) atoms. The van der Waals surface area contributed by atoms with Gasteiger partial charge in [-0.1, -0.05) is 35.5 Å². The summed E-state index contributed by atoms with van der Waals surface area (Å²) in [5, 5.41) is 23.2. The third-order valence-electron chi connectivity index (χ3n) is 5.97. The van der Waals surface area contributed by atoms with Crippen LogP contribution < -0.4 is 0 Å². The van der Waals surface area contributed by atoms with Crippen LogP contribution in [0.25, 0.3) is 11.1 Å². The van der Waals surface area contributed by atoms with E-state index in [2.05, 4.69) is 45.9 Å². The number of aliphatic hydroxyl groups excluding tert-OH is 1. The molecule has 2 N–H and O–H groups in total. The van der Waals surface area contributed by atoms with Crippen LogP contribution in [0.2, 0.25) is 0 Å². The first-order chi connectivity index (χ1) is 12.7. The number of aromatic nitrogens is 2. The summed E-state index contributed by atoms with van der Waals surface area (Å²) < 4.78 is 2.20. The highest BCUT2D eigenvalue weighted by molar-refractivity contribution is 5.93. The maximum atomic E-state index is 10.9. The van der Waals surface area contributed by atoms with Gasteiger partial charge in [-0.25, -0.2) is 4.98 Å². The Morgan fingerprint density at radius 1 is 1.23 bits per heavy atom. The molecule has 2 heterocycles. The number of allylic oxidation sites excluding steroid dienone is 2. The second kappa shape index (κ2) is 7.08. The second-order valence-electron chi connectivity index (χ2n) is 7.41. The highest BCUT2D eigenvalue weighted by Gasteiger charge is 2.34. The molecule has 1 aromatic heterocycles. The van der Waals surface area contributed by atoms with Crippen molar-refractivity contribution in [3.05, 3.63) is 54.1 Å². The Bertz CT molecular complexity index is 828. The van der Waals surface area contributed by atoms with Gasteiger partial charge in [-0.15, -0.1) is 0 Å². The third kappa shape index (κ3) is 2.97. The zero-order chi connectivity index (χ0) is 18.1. The van der Waals surface area contributed by atoms with E-state index in [-0.39, 0.29) is 18.1 Å². The third-order valence-corrected chi connectivity index (χ3v) is 5.97. The fourth-order valence-electron chi connectivity index (χ4n) is 4.51. The van der Waals surface area contributed by atoms with Crippen molar-refractivity contribution >= 4 is 16.9 Å². The lowest BCUT2D eigenvalue weighted by atomic mass is 9.81. The number of imidazole rings is 1. The van der Waals surface area contributed by atoms with Gasteiger partial charge in [0.25, 0.3) is 0 Å². The molecule has 0 bridgehead atoms. The van der Waals surface area contributed by atoms with Crippen molar-refractivity contribution < 1.29 is 10.3 Å². The second-order valence-corrected chi connectivity index (χ2v) is 7.41. The van der Waals surface area contributed by atoms with Gasteiger partial charge in [-0.3, -0.25) is 0 Å². The molecule has 0 radical (unpaired) electrons. The van der Waals surface area contributed by atoms with Gasteiger partial charge in [-0.05, 0) is 61.7 Å². The number of benzene rings is 1. The molecule has 5 nitrogen and oxygen atoms in total. The molecule has 2 aromatic rings. The van der Waals surface area contributed by atoms with E-state index in [4.69, 9.17) is 5.21 Å². The Morgan fingerprint density at radius 3 is 2.65 bits per heavy atom. The zero-order valence-electron chi connectivity index (χ0n) is 15.0. The minimum atomic E-state index is -0.375. The number of nitrogens with zero attached hydrogens (tertiary/aromatic N) is 3. The summed E-state index contributed by atoms with van der Waals surface area (Å²) in [5.41, 5.74) is 5.73. The van der Waals surface area contributed by atoms with Gasteiger partial charge in [0, 0.05) is 0 Å². The van der Waals surface area contributed by atoms with E-state index in [1.807, 2.05) is 18.6 Å². The Morgan fingerprint density at radius 2 is 1.96 bits per heavy atom. The van der Waals surface area contributed by atoms with E-state index in [9.17, 15) is 5.11 Å². The summed E-state index contributed by atoms with van der Waals surface area (Å²) >= 11 is 0. The Kier molecular flexibility index (Phi) is 4.64. The number of rotatable bonds is 4. The molecule has 1 aromatic carbocycles. The van der Waals surface area contributed by atoms with Crippen molar-refractivity contribution in [3.8, 4) is 0 Å². The molecule has 5 heteroatoms. The predicted octanol–water partition coefficient (Wildman–Crippen LogP) is 4.14. The number of oxime groups is 1. The normalized spacial score (nSPS) is 23.8. The minimum absolute atomic E-state index is 0.109. The quantitative estimate of drug-likeness (QED) is 0.642. The fourth-order valence-corrected chi connectivity index (χ4v) is 4.51. The van der Waals surface area contributed by atoms with Crippen LogP contribution >= 0.6 is 0 Å². The van der Waals surface area contributed by atoms with Crippen molar-refractivity contribution in [2.24, 2.45) is 11.1 Å². The van der Waals surface area contributed by atoms with Crippen molar-refractivity contribution in [1.29, 1.82) is 0 Å². The topological polar surface area (TPSA) is 70.6 Å². The Balaban J connectivity index is 1.58. The van der Waals surface area contributed by atoms with Gasteiger partial charge in [0.2, 0.25) is 0 Å². The van der Waals surface area contributed by atoms with Gasteiger partial charge >= 0.3 is 0 Å². The Hall–Kier alpha value is -2.40. The molecule has 4 rings (SSSR count). The van der Waals surface area contributed by atoms with Gasteiger partial charge in [0.05, 0.1) is 36.1 Å². The summed E-state index contributed by atoms with van der Waals surface area (Å²) in [6.45, 7) is 2.15. The van der Waals surface area contributed by atoms with Gasteiger partial charge in [-0.2, -0.15) is 0 Å². The van der Waals surface area contributed by atoms with Crippen molar-refractivity contribution in [1.82, 2.24) is 9.55 Å². The standard InChI is InChI=1S/C21H25N3O2/c1-14-19-12-22-13-24(19)18(21(14)16-5-3-2-4-6-16)11-20(25)15-7-9-17(23-26)10-8-15/h2-6,12-13,15,18,20,25-26H,7-11H2,1H3. The van der Waals surface area contributed by atoms with E-state index in [0.717, 1.165) is 37.1 Å². The average Bonchev–Trinajstić information content (AvgIpc) is 3.26. The molecule has 0 spiro atoms. The highest BCUT2D eigenvalue weighted by atomic mass is 16.4. The lowest BCUT2D eigenvalue weighted by Gasteiger charge is -2.30. The van der Waals surface area contributed by atoms with Crippen molar-refractivity contribution in [2.45, 2.75) is 51.2 Å². The first-order valence-electron chi connectivity index (χ1n) is 9.35. The minimum Gasteiger partial charge on any atom is -0.411 e. The molecule has 1 aliphatic carbocycles. The van der Waals surface area contributed by atoms with Crippen LogP contribution in [0.1, 0.15) is 56.3 Å². The molecule has 1 aliphatic heterocycles. The lowest BCUT2D eigenvalue weighted by Crippen LogP contribution is -2.28. The van der Waals surface area contributed by atoms with Gasteiger partial charge < -0.3 is 14.9 Å². The number of aliphatic hydroxyl groups is 1. The highest BCUT2D eigenvalue weighted by Crippen LogP contribution is 2.45. The molecule has 1 fully saturated rings. The van der Waals surface area contributed by atoms with Crippen LogP contribution in [0.3, 0.4) is 0 Å². The fraction of sp³-hybridized carbons (Fsp3) is 0.429. The smallest absolute Gasteiger partial charge is 0.0956 e. The molecule has 2 aliphatic rings. The van der Waals surface area contributed by atoms with E-state index >= 15 is 0 Å². The van der Waals surface area contributed by atoms with E-state index in [1.54, 1.807) is 0 Å². The summed E-state index contributed by atoms with van der Waals surface area (Å²) in [6.07, 6.45) is 7.42. The van der Waals surface area contributed by atoms with E-state index < -0.39 is 0 Å².